The van der Waals surface area contributed by atoms with Crippen LogP contribution in [0.2, 0.25) is 0 Å². The Morgan fingerprint density at radius 1 is 1.22 bits per heavy atom. The Bertz CT molecular complexity index is 415. The van der Waals surface area contributed by atoms with Gasteiger partial charge < -0.3 is 0 Å². The smallest absolute Gasteiger partial charge is 0.201 e. The van der Waals surface area contributed by atoms with Crippen molar-refractivity contribution >= 4 is 0 Å². The van der Waals surface area contributed by atoms with Crippen LogP contribution in [0.15, 0.2) is 24.3 Å². The summed E-state index contributed by atoms with van der Waals surface area (Å²) in [6.07, 6.45) is 0.305. The van der Waals surface area contributed by atoms with Crippen molar-refractivity contribution in [3.63, 3.8) is 0 Å². The first kappa shape index (κ1) is 14.6. The highest BCUT2D eigenvalue weighted by Gasteiger charge is 2.30. The van der Waals surface area contributed by atoms with Crippen LogP contribution >= 0.6 is 0 Å². The van der Waals surface area contributed by atoms with Gasteiger partial charge in [-0.1, -0.05) is 51.5 Å². The van der Waals surface area contributed by atoms with Crippen LogP contribution in [0, 0.1) is 17.2 Å². The van der Waals surface area contributed by atoms with Crippen molar-refractivity contribution in [3.8, 4) is 6.07 Å². The molecule has 1 unspecified atom stereocenters. The number of nitriles is 1. The molecular weight excluding hydrogens is 232 g/mol. The maximum absolute atomic E-state index is 13.7. The van der Waals surface area contributed by atoms with E-state index in [9.17, 15) is 8.78 Å². The van der Waals surface area contributed by atoms with Crippen LogP contribution in [0.1, 0.15) is 50.7 Å². The number of benzene rings is 1. The Morgan fingerprint density at radius 3 is 2.17 bits per heavy atom. The summed E-state index contributed by atoms with van der Waals surface area (Å²) in [5, 5.41) is 9.07. The highest BCUT2D eigenvalue weighted by molar-refractivity contribution is 5.31. The lowest BCUT2D eigenvalue weighted by Crippen LogP contribution is -2.13. The molecule has 0 aromatic heterocycles. The van der Waals surface area contributed by atoms with Crippen LogP contribution in [0.25, 0.3) is 0 Å². The molecule has 0 bridgehead atoms. The predicted octanol–water partition coefficient (Wildman–Crippen LogP) is 4.84. The van der Waals surface area contributed by atoms with Gasteiger partial charge in [-0.3, -0.25) is 0 Å². The highest BCUT2D eigenvalue weighted by atomic mass is 19.3. The number of hydrogen-bond acceptors (Lipinski definition) is 1. The minimum atomic E-state index is -2.77. The van der Waals surface area contributed by atoms with E-state index in [-0.39, 0.29) is 23.8 Å². The third-order valence-corrected chi connectivity index (χ3v) is 3.06. The number of nitrogens with zero attached hydrogens (tertiary/aromatic N) is 1. The van der Waals surface area contributed by atoms with E-state index >= 15 is 0 Å². The third kappa shape index (κ3) is 3.29. The summed E-state index contributed by atoms with van der Waals surface area (Å²) in [4.78, 5) is 0. The second kappa shape index (κ2) is 5.95. The summed E-state index contributed by atoms with van der Waals surface area (Å²) in [5.41, 5.74) is 0.845. The average molecular weight is 251 g/mol. The Hall–Kier alpha value is -1.43. The van der Waals surface area contributed by atoms with Crippen molar-refractivity contribution in [1.29, 1.82) is 5.26 Å². The number of hydrogen-bond donors (Lipinski definition) is 0. The van der Waals surface area contributed by atoms with Gasteiger partial charge in [0.1, 0.15) is 0 Å². The molecule has 0 saturated heterocycles. The zero-order valence-corrected chi connectivity index (χ0v) is 11.1. The summed E-state index contributed by atoms with van der Waals surface area (Å²) >= 11 is 0. The molecular formula is C15H19F2N. The van der Waals surface area contributed by atoms with Crippen molar-refractivity contribution in [2.24, 2.45) is 5.92 Å². The molecule has 1 nitrogen and oxygen atoms in total. The zero-order valence-electron chi connectivity index (χ0n) is 11.1. The van der Waals surface area contributed by atoms with Crippen LogP contribution in [0.3, 0.4) is 0 Å². The molecule has 1 aromatic rings. The van der Waals surface area contributed by atoms with E-state index in [2.05, 4.69) is 6.07 Å². The number of alkyl halides is 2. The summed E-state index contributed by atoms with van der Waals surface area (Å²) < 4.78 is 27.3. The van der Waals surface area contributed by atoms with E-state index in [4.69, 9.17) is 5.26 Å². The maximum atomic E-state index is 13.7. The van der Waals surface area contributed by atoms with Gasteiger partial charge in [0.15, 0.2) is 0 Å². The van der Waals surface area contributed by atoms with Crippen molar-refractivity contribution in [2.45, 2.75) is 45.5 Å². The molecule has 0 saturated carbocycles. The van der Waals surface area contributed by atoms with Gasteiger partial charge in [-0.15, -0.1) is 0 Å². The molecule has 0 N–H and O–H groups in total. The van der Waals surface area contributed by atoms with Gasteiger partial charge >= 0.3 is 0 Å². The molecule has 0 aliphatic rings. The van der Waals surface area contributed by atoms with Gasteiger partial charge in [-0.2, -0.15) is 5.26 Å². The monoisotopic (exact) mass is 251 g/mol. The Labute approximate surface area is 107 Å². The van der Waals surface area contributed by atoms with Crippen molar-refractivity contribution in [2.75, 3.05) is 0 Å². The Morgan fingerprint density at radius 2 is 1.78 bits per heavy atom. The van der Waals surface area contributed by atoms with Crippen molar-refractivity contribution < 1.29 is 8.78 Å². The molecule has 0 spiro atoms. The third-order valence-electron chi connectivity index (χ3n) is 3.06. The Balaban J connectivity index is 2.96. The van der Waals surface area contributed by atoms with E-state index in [1.165, 1.54) is 12.1 Å². The van der Waals surface area contributed by atoms with Gasteiger partial charge in [0.05, 0.1) is 12.0 Å². The fourth-order valence-corrected chi connectivity index (χ4v) is 2.00. The molecule has 3 heteroatoms. The molecule has 1 atom stereocenters. The first-order valence-electron chi connectivity index (χ1n) is 6.30. The van der Waals surface area contributed by atoms with E-state index < -0.39 is 5.92 Å². The minimum Gasteiger partial charge on any atom is -0.201 e. The molecule has 98 valence electrons. The normalized spacial score (nSPS) is 13.4. The Kier molecular flexibility index (Phi) is 4.84. The lowest BCUT2D eigenvalue weighted by Gasteiger charge is -2.18. The van der Waals surface area contributed by atoms with Crippen LogP contribution in [0.4, 0.5) is 8.78 Å². The van der Waals surface area contributed by atoms with E-state index in [1.54, 1.807) is 19.1 Å². The number of halogens is 2. The average Bonchev–Trinajstić information content (AvgIpc) is 2.30. The standard InChI is InChI=1S/C15H19F2N/c1-4-9-15(16,17)13-7-5-12(6-8-13)14(10-18)11(2)3/h5-8,11,14H,4,9H2,1-3H3. The molecule has 1 rings (SSSR count). The summed E-state index contributed by atoms with van der Waals surface area (Å²) in [6.45, 7) is 5.65. The van der Waals surface area contributed by atoms with Gasteiger partial charge in [0.2, 0.25) is 0 Å². The predicted molar refractivity (Wildman–Crippen MR) is 68.4 cm³/mol. The molecule has 18 heavy (non-hydrogen) atoms. The first-order chi connectivity index (χ1) is 8.42. The largest absolute Gasteiger partial charge is 0.273 e. The SMILES string of the molecule is CCCC(F)(F)c1ccc(C(C#N)C(C)C)cc1. The molecule has 0 aliphatic heterocycles. The topological polar surface area (TPSA) is 23.8 Å². The zero-order chi connectivity index (χ0) is 13.8. The maximum Gasteiger partial charge on any atom is 0.273 e. The molecule has 0 radical (unpaired) electrons. The van der Waals surface area contributed by atoms with Crippen LogP contribution in [-0.2, 0) is 5.92 Å². The molecule has 0 amide bonds. The van der Waals surface area contributed by atoms with Crippen LogP contribution < -0.4 is 0 Å². The van der Waals surface area contributed by atoms with Gasteiger partial charge in [0, 0.05) is 12.0 Å². The highest BCUT2D eigenvalue weighted by Crippen LogP contribution is 2.34. The van der Waals surface area contributed by atoms with Crippen molar-refractivity contribution in [3.05, 3.63) is 35.4 Å². The van der Waals surface area contributed by atoms with Crippen LogP contribution in [0.5, 0.6) is 0 Å². The second-order valence-corrected chi connectivity index (χ2v) is 4.93. The summed E-state index contributed by atoms with van der Waals surface area (Å²) in [6, 6.07) is 8.39. The van der Waals surface area contributed by atoms with Gasteiger partial charge in [-0.25, -0.2) is 8.78 Å². The molecule has 0 aliphatic carbocycles. The van der Waals surface area contributed by atoms with E-state index in [0.29, 0.717) is 6.42 Å². The lowest BCUT2D eigenvalue weighted by atomic mass is 9.89. The van der Waals surface area contributed by atoms with Crippen LogP contribution in [-0.4, -0.2) is 0 Å². The fourth-order valence-electron chi connectivity index (χ4n) is 2.00. The van der Waals surface area contributed by atoms with Gasteiger partial charge in [0.25, 0.3) is 5.92 Å². The molecule has 0 heterocycles. The first-order valence-corrected chi connectivity index (χ1v) is 6.30. The van der Waals surface area contributed by atoms with E-state index in [1.807, 2.05) is 13.8 Å². The summed E-state index contributed by atoms with van der Waals surface area (Å²) in [5.74, 6) is -2.83. The van der Waals surface area contributed by atoms with Gasteiger partial charge in [-0.05, 0) is 11.5 Å². The quantitative estimate of drug-likeness (QED) is 0.734. The van der Waals surface area contributed by atoms with E-state index in [0.717, 1.165) is 5.56 Å². The number of rotatable bonds is 5. The van der Waals surface area contributed by atoms with Crippen molar-refractivity contribution in [1.82, 2.24) is 0 Å². The second-order valence-electron chi connectivity index (χ2n) is 4.93. The summed E-state index contributed by atoms with van der Waals surface area (Å²) in [7, 11) is 0. The fraction of sp³-hybridized carbons (Fsp3) is 0.533. The lowest BCUT2D eigenvalue weighted by molar-refractivity contribution is -0.0140. The molecule has 0 fully saturated rings. The molecule has 1 aromatic carbocycles. The minimum absolute atomic E-state index is 0.0357.